The fourth-order valence-electron chi connectivity index (χ4n) is 3.04. The van der Waals surface area contributed by atoms with E-state index in [-0.39, 0.29) is 24.0 Å². The number of halogens is 3. The summed E-state index contributed by atoms with van der Waals surface area (Å²) in [6, 6.07) is 13.8. The number of carbonyl (C=O) groups excluding carboxylic acids is 1. The van der Waals surface area contributed by atoms with E-state index in [4.69, 9.17) is 0 Å². The minimum Gasteiger partial charge on any atom is -0.435 e. The quantitative estimate of drug-likeness (QED) is 0.501. The summed E-state index contributed by atoms with van der Waals surface area (Å²) in [5.41, 5.74) is 3.06. The van der Waals surface area contributed by atoms with Crippen molar-refractivity contribution in [1.29, 1.82) is 0 Å². The number of nitrogens with one attached hydrogen (secondary N) is 2. The zero-order chi connectivity index (χ0) is 22.2. The molecule has 164 valence electrons. The first-order valence-corrected chi connectivity index (χ1v) is 9.72. The molecule has 0 fully saturated rings. The first-order chi connectivity index (χ1) is 14.9. The number of likely N-dealkylation sites (N-methyl/N-ethyl adjacent to an activating group) is 1. The van der Waals surface area contributed by atoms with Crippen LogP contribution in [0.15, 0.2) is 54.6 Å². The van der Waals surface area contributed by atoms with Crippen molar-refractivity contribution in [2.75, 3.05) is 25.5 Å². The summed E-state index contributed by atoms with van der Waals surface area (Å²) in [6.45, 7) is -2.00. The smallest absolute Gasteiger partial charge is 0.387 e. The van der Waals surface area contributed by atoms with Gasteiger partial charge in [-0.2, -0.15) is 13.9 Å². The number of aryl methyl sites for hydroxylation is 1. The Balaban J connectivity index is 1.39. The molecule has 0 bridgehead atoms. The number of aromatic amines is 1. The van der Waals surface area contributed by atoms with Gasteiger partial charge in [-0.25, -0.2) is 4.39 Å². The number of carbonyl (C=O) groups is 1. The summed E-state index contributed by atoms with van der Waals surface area (Å²) in [6.07, 6.45) is 1.57. The third kappa shape index (κ3) is 7.14. The number of benzene rings is 2. The van der Waals surface area contributed by atoms with E-state index in [2.05, 4.69) is 20.3 Å². The fourth-order valence-corrected chi connectivity index (χ4v) is 3.04. The zero-order valence-electron chi connectivity index (χ0n) is 16.9. The van der Waals surface area contributed by atoms with Gasteiger partial charge in [0, 0.05) is 16.9 Å². The third-order valence-corrected chi connectivity index (χ3v) is 4.53. The van der Waals surface area contributed by atoms with E-state index in [9.17, 15) is 18.0 Å². The average molecular weight is 432 g/mol. The molecule has 1 aromatic heterocycles. The summed E-state index contributed by atoms with van der Waals surface area (Å²) < 4.78 is 41.6. The first kappa shape index (κ1) is 22.4. The zero-order valence-corrected chi connectivity index (χ0v) is 16.9. The highest BCUT2D eigenvalue weighted by Crippen LogP contribution is 2.19. The predicted molar refractivity (Wildman–Crippen MR) is 112 cm³/mol. The Bertz CT molecular complexity index is 975. The third-order valence-electron chi connectivity index (χ3n) is 4.53. The monoisotopic (exact) mass is 432 g/mol. The van der Waals surface area contributed by atoms with Crippen molar-refractivity contribution in [3.8, 4) is 17.0 Å². The molecule has 2 aromatic carbocycles. The molecule has 1 amide bonds. The lowest BCUT2D eigenvalue weighted by Crippen LogP contribution is -2.31. The molecule has 3 aromatic rings. The average Bonchev–Trinajstić information content (AvgIpc) is 3.18. The Morgan fingerprint density at radius 1 is 1.16 bits per heavy atom. The van der Waals surface area contributed by atoms with E-state index < -0.39 is 6.61 Å². The maximum atomic E-state index is 13.0. The molecule has 1 heterocycles. The highest BCUT2D eigenvalue weighted by molar-refractivity contribution is 5.92. The van der Waals surface area contributed by atoms with Gasteiger partial charge in [-0.3, -0.25) is 14.8 Å². The molecule has 0 radical (unpaired) electrons. The van der Waals surface area contributed by atoms with Crippen LogP contribution in [0.4, 0.5) is 18.9 Å². The molecule has 0 atom stereocenters. The van der Waals surface area contributed by atoms with Gasteiger partial charge < -0.3 is 10.1 Å². The summed E-state index contributed by atoms with van der Waals surface area (Å²) in [4.78, 5) is 14.0. The second-order valence-corrected chi connectivity index (χ2v) is 7.08. The van der Waals surface area contributed by atoms with Crippen molar-refractivity contribution in [2.24, 2.45) is 0 Å². The van der Waals surface area contributed by atoms with Gasteiger partial charge in [-0.1, -0.05) is 0 Å². The van der Waals surface area contributed by atoms with Crippen LogP contribution < -0.4 is 10.1 Å². The van der Waals surface area contributed by atoms with E-state index in [1.54, 1.807) is 12.1 Å². The van der Waals surface area contributed by atoms with Gasteiger partial charge >= 0.3 is 6.61 Å². The molecule has 6 nitrogen and oxygen atoms in total. The number of amides is 1. The van der Waals surface area contributed by atoms with Crippen LogP contribution in [-0.2, 0) is 11.2 Å². The summed E-state index contributed by atoms with van der Waals surface area (Å²) in [5, 5.41) is 9.96. The van der Waals surface area contributed by atoms with Gasteiger partial charge in [0.1, 0.15) is 11.6 Å². The van der Waals surface area contributed by atoms with E-state index >= 15 is 0 Å². The number of nitrogens with zero attached hydrogens (tertiary/aromatic N) is 2. The second kappa shape index (κ2) is 10.6. The maximum absolute atomic E-state index is 13.0. The molecule has 0 aliphatic rings. The van der Waals surface area contributed by atoms with Crippen molar-refractivity contribution in [3.63, 3.8) is 0 Å². The number of aromatic nitrogens is 2. The molecular formula is C22H23F3N4O2. The number of rotatable bonds is 10. The van der Waals surface area contributed by atoms with Gasteiger partial charge in [0.25, 0.3) is 0 Å². The van der Waals surface area contributed by atoms with Crippen molar-refractivity contribution in [1.82, 2.24) is 15.1 Å². The van der Waals surface area contributed by atoms with Crippen LogP contribution in [-0.4, -0.2) is 47.8 Å². The molecule has 3 rings (SSSR count). The molecule has 2 N–H and O–H groups in total. The van der Waals surface area contributed by atoms with Gasteiger partial charge in [0.15, 0.2) is 0 Å². The number of ether oxygens (including phenoxy) is 1. The second-order valence-electron chi connectivity index (χ2n) is 7.08. The number of anilines is 1. The van der Waals surface area contributed by atoms with E-state index in [0.717, 1.165) is 29.8 Å². The Morgan fingerprint density at radius 3 is 2.55 bits per heavy atom. The minimum atomic E-state index is -2.88. The SMILES string of the molecule is CN(CCCc1cc(-c2ccc(F)cc2)n[nH]1)CC(=O)Nc1ccc(OC(F)F)cc1. The summed E-state index contributed by atoms with van der Waals surface area (Å²) in [5.74, 6) is -0.457. The van der Waals surface area contributed by atoms with Crippen LogP contribution in [0.2, 0.25) is 0 Å². The lowest BCUT2D eigenvalue weighted by Gasteiger charge is -2.16. The number of H-pyrrole nitrogens is 1. The number of alkyl halides is 2. The molecule has 0 spiro atoms. The van der Waals surface area contributed by atoms with Crippen molar-refractivity contribution < 1.29 is 22.7 Å². The van der Waals surface area contributed by atoms with E-state index in [1.807, 2.05) is 18.0 Å². The van der Waals surface area contributed by atoms with Gasteiger partial charge in [-0.15, -0.1) is 0 Å². The Morgan fingerprint density at radius 2 is 1.87 bits per heavy atom. The normalized spacial score (nSPS) is 11.2. The van der Waals surface area contributed by atoms with Crippen LogP contribution in [0.1, 0.15) is 12.1 Å². The maximum Gasteiger partial charge on any atom is 0.387 e. The van der Waals surface area contributed by atoms with Crippen molar-refractivity contribution in [3.05, 3.63) is 66.1 Å². The van der Waals surface area contributed by atoms with Crippen LogP contribution in [0.3, 0.4) is 0 Å². The van der Waals surface area contributed by atoms with Crippen LogP contribution in [0.5, 0.6) is 5.75 Å². The lowest BCUT2D eigenvalue weighted by atomic mass is 10.1. The van der Waals surface area contributed by atoms with Crippen LogP contribution in [0.25, 0.3) is 11.3 Å². The summed E-state index contributed by atoms with van der Waals surface area (Å²) in [7, 11) is 1.84. The van der Waals surface area contributed by atoms with Crippen LogP contribution >= 0.6 is 0 Å². The van der Waals surface area contributed by atoms with Crippen molar-refractivity contribution in [2.45, 2.75) is 19.5 Å². The number of hydrogen-bond acceptors (Lipinski definition) is 4. The first-order valence-electron chi connectivity index (χ1n) is 9.72. The molecule has 0 saturated carbocycles. The molecule has 31 heavy (non-hydrogen) atoms. The van der Waals surface area contributed by atoms with Gasteiger partial charge in [0.05, 0.1) is 12.2 Å². The van der Waals surface area contributed by atoms with E-state index in [1.165, 1.54) is 36.4 Å². The molecule has 0 unspecified atom stereocenters. The Kier molecular flexibility index (Phi) is 7.66. The van der Waals surface area contributed by atoms with E-state index in [0.29, 0.717) is 12.2 Å². The standard InChI is InChI=1S/C22H23F3N4O2/c1-29(14-21(30)26-17-8-10-19(11-9-17)31-22(24)25)12-2-3-18-13-20(28-27-18)15-4-6-16(23)7-5-15/h4-11,13,22H,2-3,12,14H2,1H3,(H,26,30)(H,27,28). The lowest BCUT2D eigenvalue weighted by molar-refractivity contribution is -0.117. The highest BCUT2D eigenvalue weighted by Gasteiger charge is 2.09. The molecule has 9 heteroatoms. The topological polar surface area (TPSA) is 70.2 Å². The summed E-state index contributed by atoms with van der Waals surface area (Å²) >= 11 is 0. The van der Waals surface area contributed by atoms with Crippen molar-refractivity contribution >= 4 is 11.6 Å². The molecule has 0 aliphatic heterocycles. The fraction of sp³-hybridized carbons (Fsp3) is 0.273. The highest BCUT2D eigenvalue weighted by atomic mass is 19.3. The largest absolute Gasteiger partial charge is 0.435 e. The Labute approximate surface area is 178 Å². The number of hydrogen-bond donors (Lipinski definition) is 2. The van der Waals surface area contributed by atoms with Crippen LogP contribution in [0, 0.1) is 5.82 Å². The van der Waals surface area contributed by atoms with Gasteiger partial charge in [-0.05, 0) is 81.0 Å². The van der Waals surface area contributed by atoms with Gasteiger partial charge in [0.2, 0.25) is 5.91 Å². The molecule has 0 saturated heterocycles. The Hall–Kier alpha value is -3.33. The molecular weight excluding hydrogens is 409 g/mol. The minimum absolute atomic E-state index is 0.0338. The molecule has 0 aliphatic carbocycles. The predicted octanol–water partition coefficient (Wildman–Crippen LogP) is 4.32.